The van der Waals surface area contributed by atoms with Crippen molar-refractivity contribution in [1.82, 2.24) is 5.10 Å². The van der Waals surface area contributed by atoms with Gasteiger partial charge in [0.25, 0.3) is 11.0 Å². The van der Waals surface area contributed by atoms with Gasteiger partial charge in [0, 0.05) is 14.7 Å². The summed E-state index contributed by atoms with van der Waals surface area (Å²) in [5, 5.41) is 7.89. The van der Waals surface area contributed by atoms with Crippen LogP contribution in [0.2, 0.25) is 0 Å². The molecule has 0 aliphatic carbocycles. The van der Waals surface area contributed by atoms with E-state index in [-0.39, 0.29) is 5.91 Å². The van der Waals surface area contributed by atoms with Crippen LogP contribution in [0.15, 0.2) is 38.8 Å². The van der Waals surface area contributed by atoms with Gasteiger partial charge in [0.05, 0.1) is 5.75 Å². The standard InChI is InChI=1S/C12H8IN3OS2/c13-6-9-7-18-12-16(9)15-11(19-12)14-10(17)8-4-2-1-3-5-8/h1-6H,7H2/p+1. The smallest absolute Gasteiger partial charge is 0.293 e. The van der Waals surface area contributed by atoms with Crippen LogP contribution < -0.4 is 10.00 Å². The minimum atomic E-state index is -0.126. The molecule has 96 valence electrons. The van der Waals surface area contributed by atoms with Crippen LogP contribution in [0.3, 0.4) is 0 Å². The summed E-state index contributed by atoms with van der Waals surface area (Å²) >= 11 is 5.45. The van der Waals surface area contributed by atoms with Crippen molar-refractivity contribution in [3.8, 4) is 0 Å². The summed E-state index contributed by atoms with van der Waals surface area (Å²) in [6.07, 6.45) is 0. The second-order valence-corrected chi connectivity index (χ2v) is 6.62. The van der Waals surface area contributed by atoms with E-state index in [1.807, 2.05) is 27.0 Å². The second-order valence-electron chi connectivity index (χ2n) is 3.79. The van der Waals surface area contributed by atoms with Gasteiger partial charge in [-0.15, -0.1) is 0 Å². The summed E-state index contributed by atoms with van der Waals surface area (Å²) in [4.78, 5) is 12.0. The number of carbonyl (C=O) groups is 1. The Labute approximate surface area is 132 Å². The molecule has 1 aromatic carbocycles. The fourth-order valence-electron chi connectivity index (χ4n) is 1.63. The fourth-order valence-corrected chi connectivity index (χ4v) is 4.50. The zero-order valence-electron chi connectivity index (χ0n) is 9.67. The number of fused-ring (bicyclic) bond motifs is 1. The van der Waals surface area contributed by atoms with E-state index in [0.717, 1.165) is 15.8 Å². The van der Waals surface area contributed by atoms with Crippen LogP contribution in [0.4, 0.5) is 5.13 Å². The van der Waals surface area contributed by atoms with Crippen LogP contribution in [0.25, 0.3) is 5.70 Å². The molecule has 2 heterocycles. The van der Waals surface area contributed by atoms with Crippen LogP contribution in [0.1, 0.15) is 10.4 Å². The quantitative estimate of drug-likeness (QED) is 0.477. The van der Waals surface area contributed by atoms with E-state index >= 15 is 0 Å². The molecule has 0 fully saturated rings. The molecule has 1 aromatic heterocycles. The monoisotopic (exact) mass is 402 g/mol. The predicted octanol–water partition coefficient (Wildman–Crippen LogP) is 3.02. The number of aromatic nitrogens is 2. The van der Waals surface area contributed by atoms with E-state index < -0.39 is 0 Å². The number of carbonyl (C=O) groups excluding carboxylic acids is 1. The third kappa shape index (κ3) is 2.67. The van der Waals surface area contributed by atoms with Crippen molar-refractivity contribution in [2.75, 3.05) is 11.1 Å². The number of nitrogens with one attached hydrogen (secondary N) is 1. The molecular weight excluding hydrogens is 393 g/mol. The maximum Gasteiger partial charge on any atom is 0.332 e. The lowest BCUT2D eigenvalue weighted by Crippen LogP contribution is -2.33. The van der Waals surface area contributed by atoms with Crippen molar-refractivity contribution >= 4 is 62.4 Å². The third-order valence-electron chi connectivity index (χ3n) is 2.55. The average molecular weight is 402 g/mol. The first-order valence-corrected chi connectivity index (χ1v) is 8.54. The predicted molar refractivity (Wildman–Crippen MR) is 85.7 cm³/mol. The van der Waals surface area contributed by atoms with Crippen LogP contribution in [-0.2, 0) is 0 Å². The molecule has 0 atom stereocenters. The van der Waals surface area contributed by atoms with Crippen LogP contribution in [0, 0.1) is 0 Å². The Kier molecular flexibility index (Phi) is 3.85. The molecule has 4 nitrogen and oxygen atoms in total. The van der Waals surface area contributed by atoms with Crippen LogP contribution in [-0.4, -0.2) is 16.8 Å². The molecule has 19 heavy (non-hydrogen) atoms. The molecule has 0 saturated carbocycles. The number of rotatable bonds is 2. The number of halogens is 1. The van der Waals surface area contributed by atoms with E-state index in [4.69, 9.17) is 0 Å². The molecule has 0 unspecified atom stereocenters. The summed E-state index contributed by atoms with van der Waals surface area (Å²) in [6.45, 7) is 0. The highest BCUT2D eigenvalue weighted by Crippen LogP contribution is 2.32. The molecule has 7 heteroatoms. The lowest BCUT2D eigenvalue weighted by atomic mass is 10.2. The molecule has 0 radical (unpaired) electrons. The number of thioether (sulfide) groups is 1. The van der Waals surface area contributed by atoms with E-state index in [1.54, 1.807) is 23.9 Å². The van der Waals surface area contributed by atoms with E-state index in [9.17, 15) is 4.79 Å². The average Bonchev–Trinajstić information content (AvgIpc) is 2.99. The van der Waals surface area contributed by atoms with Crippen LogP contribution in [0.5, 0.6) is 0 Å². The number of hydrogen-bond donors (Lipinski definition) is 1. The van der Waals surface area contributed by atoms with Gasteiger partial charge in [0.2, 0.25) is 5.70 Å². The van der Waals surface area contributed by atoms with Crippen LogP contribution >= 0.6 is 45.7 Å². The minimum Gasteiger partial charge on any atom is -0.293 e. The Morgan fingerprint density at radius 3 is 2.95 bits per heavy atom. The molecule has 1 N–H and O–H groups in total. The molecule has 1 aliphatic rings. The lowest BCUT2D eigenvalue weighted by molar-refractivity contribution is -0.671. The van der Waals surface area contributed by atoms with Gasteiger partial charge < -0.3 is 0 Å². The number of nitrogens with zero attached hydrogens (tertiary/aromatic N) is 2. The molecule has 1 amide bonds. The van der Waals surface area contributed by atoms with Gasteiger partial charge in [0.1, 0.15) is 0 Å². The summed E-state index contributed by atoms with van der Waals surface area (Å²) in [7, 11) is 0. The molecule has 0 saturated heterocycles. The van der Waals surface area contributed by atoms with Gasteiger partial charge in [-0.25, -0.2) is 0 Å². The Morgan fingerprint density at radius 1 is 1.42 bits per heavy atom. The Morgan fingerprint density at radius 2 is 2.21 bits per heavy atom. The molecule has 2 aromatic rings. The van der Waals surface area contributed by atoms with Gasteiger partial charge in [-0.2, -0.15) is 0 Å². The largest absolute Gasteiger partial charge is 0.332 e. The Bertz CT molecular complexity index is 654. The SMILES string of the molecule is O=C(Nc1n[n+]2c(s1)SCC2=CI)c1ccccc1. The lowest BCUT2D eigenvalue weighted by Gasteiger charge is -1.98. The fraction of sp³-hybridized carbons (Fsp3) is 0.0833. The summed E-state index contributed by atoms with van der Waals surface area (Å²) in [6, 6.07) is 9.15. The zero-order valence-corrected chi connectivity index (χ0v) is 13.5. The highest BCUT2D eigenvalue weighted by Gasteiger charge is 2.32. The van der Waals surface area contributed by atoms with Gasteiger partial charge in [-0.05, 0) is 62.5 Å². The first-order valence-electron chi connectivity index (χ1n) is 5.50. The number of benzene rings is 1. The molecular formula is C12H9IN3OS2+. The molecule has 0 bridgehead atoms. The van der Waals surface area contributed by atoms with Crippen molar-refractivity contribution in [3.05, 3.63) is 40.0 Å². The van der Waals surface area contributed by atoms with Crippen molar-refractivity contribution in [1.29, 1.82) is 0 Å². The van der Waals surface area contributed by atoms with Gasteiger partial charge in [-0.3, -0.25) is 10.1 Å². The van der Waals surface area contributed by atoms with E-state index in [1.165, 1.54) is 11.3 Å². The summed E-state index contributed by atoms with van der Waals surface area (Å²) in [5.74, 6) is 0.813. The second kappa shape index (κ2) is 5.59. The maximum absolute atomic E-state index is 12.0. The highest BCUT2D eigenvalue weighted by molar-refractivity contribution is 14.1. The van der Waals surface area contributed by atoms with E-state index in [0.29, 0.717) is 10.7 Å². The zero-order chi connectivity index (χ0) is 13.2. The first kappa shape index (κ1) is 13.1. The third-order valence-corrected chi connectivity index (χ3v) is 5.45. The number of hydrogen-bond acceptors (Lipinski definition) is 4. The normalized spacial score (nSPS) is 15.5. The van der Waals surface area contributed by atoms with Crippen molar-refractivity contribution < 1.29 is 9.48 Å². The molecule has 3 rings (SSSR count). The minimum absolute atomic E-state index is 0.126. The molecule has 0 spiro atoms. The Hall–Kier alpha value is -0.930. The van der Waals surface area contributed by atoms with Gasteiger partial charge in [0.15, 0.2) is 0 Å². The van der Waals surface area contributed by atoms with Gasteiger partial charge in [-0.1, -0.05) is 18.2 Å². The summed E-state index contributed by atoms with van der Waals surface area (Å²) in [5.41, 5.74) is 1.79. The highest BCUT2D eigenvalue weighted by atomic mass is 127. The van der Waals surface area contributed by atoms with E-state index in [2.05, 4.69) is 33.0 Å². The first-order chi connectivity index (χ1) is 9.28. The van der Waals surface area contributed by atoms with Gasteiger partial charge >= 0.3 is 4.34 Å². The number of amides is 1. The van der Waals surface area contributed by atoms with Crippen molar-refractivity contribution in [2.45, 2.75) is 4.34 Å². The summed E-state index contributed by atoms with van der Waals surface area (Å²) < 4.78 is 5.01. The number of anilines is 1. The van der Waals surface area contributed by atoms with Crippen molar-refractivity contribution in [2.24, 2.45) is 0 Å². The molecule has 1 aliphatic heterocycles. The Balaban J connectivity index is 1.80. The topological polar surface area (TPSA) is 45.9 Å². The maximum atomic E-state index is 12.0. The van der Waals surface area contributed by atoms with Crippen molar-refractivity contribution in [3.63, 3.8) is 0 Å².